The van der Waals surface area contributed by atoms with E-state index in [4.69, 9.17) is 9.84 Å². The SMILES string of the molecule is COc1cccc(-n2[nH]c(C)c(C(=O)O)c2=O)c1. The van der Waals surface area contributed by atoms with Gasteiger partial charge >= 0.3 is 5.97 Å². The first-order valence-electron chi connectivity index (χ1n) is 5.24. The number of carboxylic acids is 1. The Morgan fingerprint density at radius 3 is 2.72 bits per heavy atom. The van der Waals surface area contributed by atoms with Crippen molar-refractivity contribution in [1.29, 1.82) is 0 Å². The lowest BCUT2D eigenvalue weighted by Crippen LogP contribution is -2.20. The highest BCUT2D eigenvalue weighted by Gasteiger charge is 2.18. The van der Waals surface area contributed by atoms with E-state index in [9.17, 15) is 9.59 Å². The van der Waals surface area contributed by atoms with Crippen LogP contribution in [0.4, 0.5) is 0 Å². The summed E-state index contributed by atoms with van der Waals surface area (Å²) in [5.74, 6) is -0.654. The molecule has 0 fully saturated rings. The van der Waals surface area contributed by atoms with E-state index in [0.29, 0.717) is 17.1 Å². The number of ether oxygens (including phenoxy) is 1. The third-order valence-electron chi connectivity index (χ3n) is 2.60. The molecule has 0 saturated heterocycles. The number of aromatic carboxylic acids is 1. The number of benzene rings is 1. The summed E-state index contributed by atoms with van der Waals surface area (Å²) in [4.78, 5) is 22.9. The largest absolute Gasteiger partial charge is 0.497 e. The molecule has 6 heteroatoms. The van der Waals surface area contributed by atoms with E-state index >= 15 is 0 Å². The molecule has 0 unspecified atom stereocenters. The van der Waals surface area contributed by atoms with Gasteiger partial charge in [-0.25, -0.2) is 9.48 Å². The number of hydrogen-bond acceptors (Lipinski definition) is 3. The molecule has 1 aromatic heterocycles. The number of hydrogen-bond donors (Lipinski definition) is 2. The molecule has 0 aliphatic carbocycles. The van der Waals surface area contributed by atoms with Gasteiger partial charge in [-0.1, -0.05) is 6.07 Å². The maximum Gasteiger partial charge on any atom is 0.343 e. The second-order valence-corrected chi connectivity index (χ2v) is 3.76. The van der Waals surface area contributed by atoms with Crippen LogP contribution in [0, 0.1) is 6.92 Å². The fraction of sp³-hybridized carbons (Fsp3) is 0.167. The first-order chi connectivity index (χ1) is 8.54. The summed E-state index contributed by atoms with van der Waals surface area (Å²) in [5, 5.41) is 11.7. The van der Waals surface area contributed by atoms with Crippen molar-refractivity contribution in [2.75, 3.05) is 7.11 Å². The van der Waals surface area contributed by atoms with Crippen LogP contribution in [0.15, 0.2) is 29.1 Å². The van der Waals surface area contributed by atoms with Crippen molar-refractivity contribution in [3.8, 4) is 11.4 Å². The highest BCUT2D eigenvalue weighted by molar-refractivity contribution is 5.88. The van der Waals surface area contributed by atoms with Gasteiger partial charge in [0, 0.05) is 11.8 Å². The van der Waals surface area contributed by atoms with Crippen LogP contribution >= 0.6 is 0 Å². The third kappa shape index (κ3) is 1.88. The minimum absolute atomic E-state index is 0.252. The highest BCUT2D eigenvalue weighted by atomic mass is 16.5. The van der Waals surface area contributed by atoms with Crippen molar-refractivity contribution < 1.29 is 14.6 Å². The number of aryl methyl sites for hydroxylation is 1. The van der Waals surface area contributed by atoms with Gasteiger partial charge in [0.05, 0.1) is 12.8 Å². The molecular formula is C12H12N2O4. The van der Waals surface area contributed by atoms with Crippen LogP contribution in [-0.2, 0) is 0 Å². The van der Waals surface area contributed by atoms with Crippen LogP contribution in [0.3, 0.4) is 0 Å². The van der Waals surface area contributed by atoms with Crippen LogP contribution in [-0.4, -0.2) is 28.0 Å². The second-order valence-electron chi connectivity index (χ2n) is 3.76. The average Bonchev–Trinajstić information content (AvgIpc) is 2.65. The molecule has 2 N–H and O–H groups in total. The number of carbonyl (C=O) groups is 1. The summed E-state index contributed by atoms with van der Waals surface area (Å²) in [6, 6.07) is 6.79. The van der Waals surface area contributed by atoms with Crippen molar-refractivity contribution >= 4 is 5.97 Å². The molecule has 0 saturated carbocycles. The summed E-state index contributed by atoms with van der Waals surface area (Å²) in [6.07, 6.45) is 0. The number of nitrogens with zero attached hydrogens (tertiary/aromatic N) is 1. The topological polar surface area (TPSA) is 84.3 Å². The van der Waals surface area contributed by atoms with Crippen LogP contribution in [0.1, 0.15) is 16.1 Å². The van der Waals surface area contributed by atoms with Crippen molar-refractivity contribution in [1.82, 2.24) is 9.78 Å². The van der Waals surface area contributed by atoms with E-state index in [2.05, 4.69) is 5.10 Å². The first kappa shape index (κ1) is 12.0. The Morgan fingerprint density at radius 1 is 1.44 bits per heavy atom. The maximum atomic E-state index is 11.9. The van der Waals surface area contributed by atoms with Crippen LogP contribution in [0.5, 0.6) is 5.75 Å². The summed E-state index contributed by atoms with van der Waals surface area (Å²) in [5.41, 5.74) is -0.00339. The van der Waals surface area contributed by atoms with Gasteiger partial charge in [0.1, 0.15) is 11.3 Å². The summed E-state index contributed by atoms with van der Waals surface area (Å²) in [7, 11) is 1.52. The molecule has 0 atom stereocenters. The molecule has 0 spiro atoms. The van der Waals surface area contributed by atoms with E-state index in [1.165, 1.54) is 11.8 Å². The summed E-state index contributed by atoms with van der Waals surface area (Å²) >= 11 is 0. The summed E-state index contributed by atoms with van der Waals surface area (Å²) < 4.78 is 6.24. The molecule has 0 bridgehead atoms. The van der Waals surface area contributed by atoms with Gasteiger partial charge in [0.2, 0.25) is 0 Å². The maximum absolute atomic E-state index is 11.9. The number of H-pyrrole nitrogens is 1. The second kappa shape index (κ2) is 4.40. The molecule has 0 amide bonds. The van der Waals surface area contributed by atoms with Gasteiger partial charge in [0.15, 0.2) is 0 Å². The number of nitrogens with one attached hydrogen (secondary N) is 1. The molecule has 2 rings (SSSR count). The lowest BCUT2D eigenvalue weighted by Gasteiger charge is -2.04. The minimum atomic E-state index is -1.24. The molecule has 2 aromatic rings. The Morgan fingerprint density at radius 2 is 2.17 bits per heavy atom. The highest BCUT2D eigenvalue weighted by Crippen LogP contribution is 2.15. The van der Waals surface area contributed by atoms with Crippen molar-refractivity contribution in [3.63, 3.8) is 0 Å². The predicted octanol–water partition coefficient (Wildman–Crippen LogP) is 1.18. The van der Waals surface area contributed by atoms with Crippen molar-refractivity contribution in [2.24, 2.45) is 0 Å². The lowest BCUT2D eigenvalue weighted by molar-refractivity contribution is 0.0694. The van der Waals surface area contributed by atoms with E-state index in [-0.39, 0.29) is 5.56 Å². The zero-order valence-electron chi connectivity index (χ0n) is 9.93. The van der Waals surface area contributed by atoms with Gasteiger partial charge in [-0.2, -0.15) is 0 Å². The molecule has 1 heterocycles. The van der Waals surface area contributed by atoms with Gasteiger partial charge < -0.3 is 9.84 Å². The smallest absolute Gasteiger partial charge is 0.343 e. The van der Waals surface area contributed by atoms with E-state index < -0.39 is 11.5 Å². The lowest BCUT2D eigenvalue weighted by atomic mass is 10.2. The van der Waals surface area contributed by atoms with E-state index in [0.717, 1.165) is 0 Å². The Balaban J connectivity index is 2.61. The van der Waals surface area contributed by atoms with Crippen molar-refractivity contribution in [2.45, 2.75) is 6.92 Å². The first-order valence-corrected chi connectivity index (χ1v) is 5.24. The molecule has 0 aliphatic heterocycles. The number of rotatable bonds is 3. The number of aromatic nitrogens is 2. The monoisotopic (exact) mass is 248 g/mol. The van der Waals surface area contributed by atoms with Crippen molar-refractivity contribution in [3.05, 3.63) is 45.9 Å². The fourth-order valence-electron chi connectivity index (χ4n) is 1.73. The Labute approximate surface area is 102 Å². The zero-order valence-corrected chi connectivity index (χ0v) is 9.93. The average molecular weight is 248 g/mol. The van der Waals surface area contributed by atoms with Gasteiger partial charge in [-0.15, -0.1) is 0 Å². The van der Waals surface area contributed by atoms with E-state index in [1.807, 2.05) is 0 Å². The van der Waals surface area contributed by atoms with Gasteiger partial charge in [-0.05, 0) is 19.1 Å². The van der Waals surface area contributed by atoms with Crippen LogP contribution in [0.2, 0.25) is 0 Å². The standard InChI is InChI=1S/C12H12N2O4/c1-7-10(12(16)17)11(15)14(13-7)8-4-3-5-9(6-8)18-2/h3-6,13H,1-2H3,(H,16,17). The van der Waals surface area contributed by atoms with Gasteiger partial charge in [-0.3, -0.25) is 9.89 Å². The molecular weight excluding hydrogens is 236 g/mol. The quantitative estimate of drug-likeness (QED) is 0.854. The third-order valence-corrected chi connectivity index (χ3v) is 2.60. The van der Waals surface area contributed by atoms with Crippen LogP contribution < -0.4 is 10.3 Å². The fourth-order valence-corrected chi connectivity index (χ4v) is 1.73. The molecule has 0 aliphatic rings. The Hall–Kier alpha value is -2.50. The molecule has 94 valence electrons. The molecule has 6 nitrogen and oxygen atoms in total. The molecule has 0 radical (unpaired) electrons. The number of aromatic amines is 1. The number of carboxylic acid groups (broad SMARTS) is 1. The zero-order chi connectivity index (χ0) is 13.3. The summed E-state index contributed by atoms with van der Waals surface area (Å²) in [6.45, 7) is 1.54. The van der Waals surface area contributed by atoms with E-state index in [1.54, 1.807) is 31.2 Å². The molecule has 18 heavy (non-hydrogen) atoms. The predicted molar refractivity (Wildman–Crippen MR) is 64.6 cm³/mol. The number of methoxy groups -OCH3 is 1. The normalized spacial score (nSPS) is 10.3. The van der Waals surface area contributed by atoms with Gasteiger partial charge in [0.25, 0.3) is 5.56 Å². The molecule has 1 aromatic carbocycles. The van der Waals surface area contributed by atoms with Crippen LogP contribution in [0.25, 0.3) is 5.69 Å². The Kier molecular flexibility index (Phi) is 2.93. The Bertz CT molecular complexity index is 654. The minimum Gasteiger partial charge on any atom is -0.497 e.